The predicted molar refractivity (Wildman–Crippen MR) is 103 cm³/mol. The van der Waals surface area contributed by atoms with Crippen molar-refractivity contribution in [3.05, 3.63) is 88.6 Å². The van der Waals surface area contributed by atoms with Gasteiger partial charge in [-0.2, -0.15) is 0 Å². The fourth-order valence-corrected chi connectivity index (χ4v) is 2.30. The fraction of sp³-hybridized carbons (Fsp3) is 0.0500. The van der Waals surface area contributed by atoms with E-state index in [1.807, 2.05) is 6.07 Å². The number of rotatable bonds is 7. The lowest BCUT2D eigenvalue weighted by Crippen LogP contribution is -2.21. The number of pyridine rings is 1. The summed E-state index contributed by atoms with van der Waals surface area (Å²) in [6.07, 6.45) is 1.47. The highest BCUT2D eigenvalue weighted by Gasteiger charge is 2.17. The largest absolute Gasteiger partial charge is 0.452 e. The summed E-state index contributed by atoms with van der Waals surface area (Å²) in [5.41, 5.74) is 0.308. The SMILES string of the molecule is O=C(COC(=O)c1cccnc1Oc1ccccc1)Nc1ccc([N+](=O)[O-])cc1. The van der Waals surface area contributed by atoms with Crippen LogP contribution in [0.25, 0.3) is 0 Å². The number of benzene rings is 2. The summed E-state index contributed by atoms with van der Waals surface area (Å²) in [5.74, 6) is -0.819. The van der Waals surface area contributed by atoms with Crippen LogP contribution < -0.4 is 10.1 Å². The molecule has 0 fully saturated rings. The van der Waals surface area contributed by atoms with Gasteiger partial charge in [-0.25, -0.2) is 9.78 Å². The Hall–Kier alpha value is -4.27. The Morgan fingerprint density at radius 1 is 1.00 bits per heavy atom. The molecule has 1 aromatic heterocycles. The highest BCUT2D eigenvalue weighted by molar-refractivity contribution is 5.96. The molecule has 0 aliphatic rings. The molecule has 0 spiro atoms. The van der Waals surface area contributed by atoms with Crippen molar-refractivity contribution >= 4 is 23.3 Å². The lowest BCUT2D eigenvalue weighted by atomic mass is 10.2. The molecule has 0 unspecified atom stereocenters. The van der Waals surface area contributed by atoms with E-state index in [2.05, 4.69) is 10.3 Å². The molecule has 1 heterocycles. The molecule has 0 radical (unpaired) electrons. The van der Waals surface area contributed by atoms with Gasteiger partial charge in [0.1, 0.15) is 11.3 Å². The number of nitrogens with zero attached hydrogens (tertiary/aromatic N) is 2. The van der Waals surface area contributed by atoms with Gasteiger partial charge < -0.3 is 14.8 Å². The molecule has 3 rings (SSSR count). The van der Waals surface area contributed by atoms with Gasteiger partial charge in [-0.15, -0.1) is 0 Å². The predicted octanol–water partition coefficient (Wildman–Crippen LogP) is 3.58. The molecule has 2 aromatic carbocycles. The molecule has 0 saturated heterocycles. The number of non-ortho nitro benzene ring substituents is 1. The van der Waals surface area contributed by atoms with Gasteiger partial charge in [-0.3, -0.25) is 14.9 Å². The minimum Gasteiger partial charge on any atom is -0.452 e. The lowest BCUT2D eigenvalue weighted by Gasteiger charge is -2.10. The van der Waals surface area contributed by atoms with E-state index in [4.69, 9.17) is 9.47 Å². The number of hydrogen-bond acceptors (Lipinski definition) is 7. The summed E-state index contributed by atoms with van der Waals surface area (Å²) in [7, 11) is 0. The highest BCUT2D eigenvalue weighted by Crippen LogP contribution is 2.23. The smallest absolute Gasteiger partial charge is 0.344 e. The molecular weight excluding hydrogens is 378 g/mol. The van der Waals surface area contributed by atoms with Crippen LogP contribution in [0.1, 0.15) is 10.4 Å². The van der Waals surface area contributed by atoms with Gasteiger partial charge >= 0.3 is 5.97 Å². The second-order valence-electron chi connectivity index (χ2n) is 5.70. The first kappa shape index (κ1) is 19.5. The molecule has 9 nitrogen and oxygen atoms in total. The summed E-state index contributed by atoms with van der Waals surface area (Å²) < 4.78 is 10.6. The third kappa shape index (κ3) is 5.36. The summed E-state index contributed by atoms with van der Waals surface area (Å²) in [5, 5.41) is 13.1. The van der Waals surface area contributed by atoms with Gasteiger partial charge in [0.05, 0.1) is 4.92 Å². The van der Waals surface area contributed by atoms with Crippen LogP contribution >= 0.6 is 0 Å². The number of carbonyl (C=O) groups excluding carboxylic acids is 2. The van der Waals surface area contributed by atoms with Crippen molar-refractivity contribution in [1.82, 2.24) is 4.98 Å². The van der Waals surface area contributed by atoms with Crippen LogP contribution in [-0.4, -0.2) is 28.4 Å². The fourth-order valence-electron chi connectivity index (χ4n) is 2.30. The van der Waals surface area contributed by atoms with E-state index in [1.165, 1.54) is 36.5 Å². The Bertz CT molecular complexity index is 1020. The number of esters is 1. The van der Waals surface area contributed by atoms with Gasteiger partial charge in [0.2, 0.25) is 5.88 Å². The molecular formula is C20H15N3O6. The Labute approximate surface area is 165 Å². The number of para-hydroxylation sites is 1. The molecule has 0 aliphatic carbocycles. The van der Waals surface area contributed by atoms with Gasteiger partial charge in [-0.05, 0) is 36.4 Å². The summed E-state index contributed by atoms with van der Waals surface area (Å²) >= 11 is 0. The third-order valence-electron chi connectivity index (χ3n) is 3.65. The van der Waals surface area contributed by atoms with Crippen LogP contribution in [0.15, 0.2) is 72.9 Å². The van der Waals surface area contributed by atoms with Crippen molar-refractivity contribution in [1.29, 1.82) is 0 Å². The third-order valence-corrected chi connectivity index (χ3v) is 3.65. The number of nitro benzene ring substituents is 1. The molecule has 29 heavy (non-hydrogen) atoms. The van der Waals surface area contributed by atoms with Gasteiger partial charge in [0.15, 0.2) is 6.61 Å². The van der Waals surface area contributed by atoms with Crippen molar-refractivity contribution in [2.24, 2.45) is 0 Å². The number of hydrogen-bond donors (Lipinski definition) is 1. The first-order chi connectivity index (χ1) is 14.0. The molecule has 0 bridgehead atoms. The number of carbonyl (C=O) groups is 2. The second kappa shape index (κ2) is 9.09. The van der Waals surface area contributed by atoms with Crippen LogP contribution in [0.4, 0.5) is 11.4 Å². The van der Waals surface area contributed by atoms with E-state index in [1.54, 1.807) is 30.3 Å². The minimum absolute atomic E-state index is 0.0551. The molecule has 1 N–H and O–H groups in total. The zero-order valence-electron chi connectivity index (χ0n) is 15.0. The first-order valence-electron chi connectivity index (χ1n) is 8.42. The molecule has 9 heteroatoms. The Kier molecular flexibility index (Phi) is 6.11. The molecule has 3 aromatic rings. The normalized spacial score (nSPS) is 10.1. The second-order valence-corrected chi connectivity index (χ2v) is 5.70. The van der Waals surface area contributed by atoms with E-state index >= 15 is 0 Å². The number of ether oxygens (including phenoxy) is 2. The van der Waals surface area contributed by atoms with Gasteiger partial charge in [0.25, 0.3) is 11.6 Å². The van der Waals surface area contributed by atoms with E-state index in [0.29, 0.717) is 11.4 Å². The van der Waals surface area contributed by atoms with E-state index in [-0.39, 0.29) is 17.1 Å². The van der Waals surface area contributed by atoms with Crippen LogP contribution in [0.3, 0.4) is 0 Å². The summed E-state index contributed by atoms with van der Waals surface area (Å²) in [6, 6.07) is 17.1. The number of nitro groups is 1. The Morgan fingerprint density at radius 2 is 1.72 bits per heavy atom. The van der Waals surface area contributed by atoms with Crippen LogP contribution in [0.2, 0.25) is 0 Å². The van der Waals surface area contributed by atoms with Crippen molar-refractivity contribution in [2.75, 3.05) is 11.9 Å². The zero-order valence-corrected chi connectivity index (χ0v) is 15.0. The van der Waals surface area contributed by atoms with Gasteiger partial charge in [-0.1, -0.05) is 18.2 Å². The number of aromatic nitrogens is 1. The van der Waals surface area contributed by atoms with Crippen molar-refractivity contribution in [3.63, 3.8) is 0 Å². The van der Waals surface area contributed by atoms with Crippen molar-refractivity contribution < 1.29 is 24.0 Å². The highest BCUT2D eigenvalue weighted by atomic mass is 16.6. The van der Waals surface area contributed by atoms with Crippen molar-refractivity contribution in [3.8, 4) is 11.6 Å². The van der Waals surface area contributed by atoms with Crippen LogP contribution in [-0.2, 0) is 9.53 Å². The van der Waals surface area contributed by atoms with E-state index in [9.17, 15) is 19.7 Å². The molecule has 0 atom stereocenters. The molecule has 1 amide bonds. The van der Waals surface area contributed by atoms with Gasteiger partial charge in [0, 0.05) is 24.0 Å². The molecule has 0 saturated carbocycles. The standard InChI is InChI=1S/C20H15N3O6/c24-18(22-14-8-10-15(11-9-14)23(26)27)13-28-20(25)17-7-4-12-21-19(17)29-16-5-2-1-3-6-16/h1-12H,13H2,(H,22,24). The summed E-state index contributed by atoms with van der Waals surface area (Å²) in [4.78, 5) is 38.4. The quantitative estimate of drug-likeness (QED) is 0.370. The monoisotopic (exact) mass is 393 g/mol. The number of nitrogens with one attached hydrogen (secondary N) is 1. The topological polar surface area (TPSA) is 121 Å². The number of amides is 1. The lowest BCUT2D eigenvalue weighted by molar-refractivity contribution is -0.384. The Morgan fingerprint density at radius 3 is 2.41 bits per heavy atom. The van der Waals surface area contributed by atoms with Crippen molar-refractivity contribution in [2.45, 2.75) is 0 Å². The number of anilines is 1. The minimum atomic E-state index is -0.775. The van der Waals surface area contributed by atoms with Crippen LogP contribution in [0, 0.1) is 10.1 Å². The maximum atomic E-state index is 12.3. The van der Waals surface area contributed by atoms with Crippen LogP contribution in [0.5, 0.6) is 11.6 Å². The van der Waals surface area contributed by atoms with E-state index in [0.717, 1.165) is 0 Å². The molecule has 146 valence electrons. The maximum Gasteiger partial charge on any atom is 0.344 e. The average Bonchev–Trinajstić information content (AvgIpc) is 2.73. The summed E-state index contributed by atoms with van der Waals surface area (Å²) in [6.45, 7) is -0.546. The molecule has 0 aliphatic heterocycles. The zero-order chi connectivity index (χ0) is 20.6. The first-order valence-corrected chi connectivity index (χ1v) is 8.42. The maximum absolute atomic E-state index is 12.3. The average molecular weight is 393 g/mol. The Balaban J connectivity index is 1.59. The van der Waals surface area contributed by atoms with E-state index < -0.39 is 23.4 Å².